The lowest BCUT2D eigenvalue weighted by Crippen LogP contribution is -2.26. The van der Waals surface area contributed by atoms with Gasteiger partial charge in [-0.2, -0.15) is 20.5 Å². The zero-order valence-electron chi connectivity index (χ0n) is 28.1. The highest BCUT2D eigenvalue weighted by atomic mass is 16.5. The van der Waals surface area contributed by atoms with Crippen molar-refractivity contribution in [3.63, 3.8) is 0 Å². The SMILES string of the molecule is CCOC(=O)CCN(CC)c1ccc(N=Nc2ccc(N=Nc3ccc(OCCCCCCCCCOC(=O)CC)cc3)cc2)cc1. The van der Waals surface area contributed by atoms with E-state index >= 15 is 0 Å². The molecule has 0 radical (unpaired) electrons. The fourth-order valence-corrected chi connectivity index (χ4v) is 4.65. The zero-order valence-corrected chi connectivity index (χ0v) is 28.1. The predicted molar refractivity (Wildman–Crippen MR) is 186 cm³/mol. The second kappa shape index (κ2) is 22.0. The Morgan fingerprint density at radius 2 is 1.04 bits per heavy atom. The molecule has 0 bridgehead atoms. The van der Waals surface area contributed by atoms with Crippen molar-refractivity contribution in [3.8, 4) is 5.75 Å². The Labute approximate surface area is 279 Å². The minimum Gasteiger partial charge on any atom is -0.494 e. The molecule has 0 saturated heterocycles. The van der Waals surface area contributed by atoms with Gasteiger partial charge in [0.1, 0.15) is 5.75 Å². The van der Waals surface area contributed by atoms with Crippen molar-refractivity contribution in [1.82, 2.24) is 0 Å². The molecule has 3 rings (SSSR count). The molecule has 0 amide bonds. The summed E-state index contributed by atoms with van der Waals surface area (Å²) in [7, 11) is 0. The van der Waals surface area contributed by atoms with Gasteiger partial charge in [0.05, 0.1) is 49.0 Å². The Balaban J connectivity index is 1.33. The Morgan fingerprint density at radius 3 is 1.53 bits per heavy atom. The van der Waals surface area contributed by atoms with Gasteiger partial charge in [0.2, 0.25) is 0 Å². The van der Waals surface area contributed by atoms with Crippen molar-refractivity contribution in [2.45, 2.75) is 78.6 Å². The number of rotatable bonds is 22. The van der Waals surface area contributed by atoms with Gasteiger partial charge in [0.25, 0.3) is 0 Å². The molecule has 47 heavy (non-hydrogen) atoms. The van der Waals surface area contributed by atoms with Crippen molar-refractivity contribution >= 4 is 40.4 Å². The average molecular weight is 644 g/mol. The van der Waals surface area contributed by atoms with Crippen molar-refractivity contribution in [3.05, 3.63) is 72.8 Å². The van der Waals surface area contributed by atoms with Crippen LogP contribution in [0.1, 0.15) is 78.6 Å². The Kier molecular flexibility index (Phi) is 17.3. The minimum absolute atomic E-state index is 0.114. The maximum atomic E-state index is 11.7. The predicted octanol–water partition coefficient (Wildman–Crippen LogP) is 10.4. The van der Waals surface area contributed by atoms with Gasteiger partial charge < -0.3 is 19.1 Å². The first-order chi connectivity index (χ1) is 23.0. The molecular weight excluding hydrogens is 594 g/mol. The summed E-state index contributed by atoms with van der Waals surface area (Å²) in [4.78, 5) is 24.9. The van der Waals surface area contributed by atoms with Crippen LogP contribution in [0.3, 0.4) is 0 Å². The molecule has 0 unspecified atom stereocenters. The number of carbonyl (C=O) groups excluding carboxylic acids is 2. The van der Waals surface area contributed by atoms with Crippen molar-refractivity contribution in [2.24, 2.45) is 20.5 Å². The van der Waals surface area contributed by atoms with E-state index in [0.29, 0.717) is 44.9 Å². The molecule has 0 N–H and O–H groups in total. The van der Waals surface area contributed by atoms with Crippen LogP contribution in [-0.2, 0) is 19.1 Å². The first-order valence-electron chi connectivity index (χ1n) is 16.8. The van der Waals surface area contributed by atoms with Crippen molar-refractivity contribution in [1.29, 1.82) is 0 Å². The third kappa shape index (κ3) is 15.0. The van der Waals surface area contributed by atoms with Crippen LogP contribution >= 0.6 is 0 Å². The normalized spacial score (nSPS) is 11.2. The Bertz CT molecular complexity index is 1380. The number of esters is 2. The molecule has 0 saturated carbocycles. The molecule has 10 heteroatoms. The molecule has 10 nitrogen and oxygen atoms in total. The molecule has 3 aromatic carbocycles. The van der Waals surface area contributed by atoms with Crippen LogP contribution in [0.25, 0.3) is 0 Å². The number of azo groups is 2. The van der Waals surface area contributed by atoms with Gasteiger partial charge in [-0.3, -0.25) is 9.59 Å². The van der Waals surface area contributed by atoms with Crippen molar-refractivity contribution < 1.29 is 23.8 Å². The molecule has 3 aromatic rings. The summed E-state index contributed by atoms with van der Waals surface area (Å²) in [5, 5.41) is 17.3. The first kappa shape index (κ1) is 36.9. The van der Waals surface area contributed by atoms with Crippen LogP contribution in [-0.4, -0.2) is 44.8 Å². The lowest BCUT2D eigenvalue weighted by Gasteiger charge is -2.22. The zero-order chi connectivity index (χ0) is 33.5. The molecule has 0 aliphatic carbocycles. The highest BCUT2D eigenvalue weighted by Gasteiger charge is 2.08. The molecule has 0 heterocycles. The highest BCUT2D eigenvalue weighted by molar-refractivity contribution is 5.70. The quantitative estimate of drug-likeness (QED) is 0.0611. The first-order valence-corrected chi connectivity index (χ1v) is 16.8. The third-order valence-corrected chi connectivity index (χ3v) is 7.35. The summed E-state index contributed by atoms with van der Waals surface area (Å²) in [5.74, 6) is 0.527. The highest BCUT2D eigenvalue weighted by Crippen LogP contribution is 2.26. The lowest BCUT2D eigenvalue weighted by molar-refractivity contribution is -0.144. The summed E-state index contributed by atoms with van der Waals surface area (Å²) in [6.45, 7) is 8.71. The number of benzene rings is 3. The van der Waals surface area contributed by atoms with E-state index in [4.69, 9.17) is 14.2 Å². The van der Waals surface area contributed by atoms with Crippen molar-refractivity contribution in [2.75, 3.05) is 37.8 Å². The van der Waals surface area contributed by atoms with E-state index in [2.05, 4.69) is 32.3 Å². The molecule has 0 atom stereocenters. The fraction of sp³-hybridized carbons (Fsp3) is 0.459. The van der Waals surface area contributed by atoms with Crippen LogP contribution < -0.4 is 9.64 Å². The average Bonchev–Trinajstić information content (AvgIpc) is 3.10. The topological polar surface area (TPSA) is 115 Å². The summed E-state index contributed by atoms with van der Waals surface area (Å²) >= 11 is 0. The van der Waals surface area contributed by atoms with Gasteiger partial charge in [-0.1, -0.05) is 39.0 Å². The van der Waals surface area contributed by atoms with Crippen LogP contribution in [0.5, 0.6) is 5.75 Å². The van der Waals surface area contributed by atoms with Gasteiger partial charge in [0.15, 0.2) is 0 Å². The minimum atomic E-state index is -0.185. The van der Waals surface area contributed by atoms with E-state index in [-0.39, 0.29) is 11.9 Å². The number of unbranched alkanes of at least 4 members (excludes halogenated alkanes) is 6. The molecular formula is C37H49N5O5. The molecule has 0 spiro atoms. The number of nitrogens with zero attached hydrogens (tertiary/aromatic N) is 5. The van der Waals surface area contributed by atoms with E-state index in [1.54, 1.807) is 0 Å². The Hall–Kier alpha value is -4.60. The van der Waals surface area contributed by atoms with Crippen LogP contribution in [0.15, 0.2) is 93.3 Å². The van der Waals surface area contributed by atoms with Gasteiger partial charge in [-0.15, -0.1) is 0 Å². The standard InChI is InChI=1S/C37H49N5O5/c1-4-36(43)47-29-13-11-9-7-8-10-12-28-46-35-24-20-33(21-25-35)41-39-31-16-14-30(15-17-31)38-40-32-18-22-34(23-19-32)42(5-2)27-26-37(44)45-6-3/h14-25H,4-13,26-29H2,1-3H3. The maximum absolute atomic E-state index is 11.7. The van der Waals surface area contributed by atoms with Gasteiger partial charge in [0, 0.05) is 25.2 Å². The van der Waals surface area contributed by atoms with E-state index < -0.39 is 0 Å². The van der Waals surface area contributed by atoms with Crippen LogP contribution in [0.2, 0.25) is 0 Å². The molecule has 0 aliphatic rings. The monoisotopic (exact) mass is 643 g/mol. The summed E-state index contributed by atoms with van der Waals surface area (Å²) in [6.07, 6.45) is 8.58. The largest absolute Gasteiger partial charge is 0.494 e. The molecule has 0 fully saturated rings. The molecule has 252 valence electrons. The summed E-state index contributed by atoms with van der Waals surface area (Å²) < 4.78 is 16.0. The number of anilines is 1. The molecule has 0 aliphatic heterocycles. The third-order valence-electron chi connectivity index (χ3n) is 7.35. The number of ether oxygens (including phenoxy) is 3. The van der Waals surface area contributed by atoms with Gasteiger partial charge in [-0.05, 0) is 99.5 Å². The smallest absolute Gasteiger partial charge is 0.307 e. The van der Waals surface area contributed by atoms with E-state index in [0.717, 1.165) is 60.7 Å². The molecule has 0 aromatic heterocycles. The lowest BCUT2D eigenvalue weighted by atomic mass is 10.1. The van der Waals surface area contributed by atoms with E-state index in [1.807, 2.05) is 86.6 Å². The fourth-order valence-electron chi connectivity index (χ4n) is 4.65. The second-order valence-corrected chi connectivity index (χ2v) is 11.0. The number of carbonyl (C=O) groups is 2. The van der Waals surface area contributed by atoms with E-state index in [1.165, 1.54) is 19.3 Å². The summed E-state index contributed by atoms with van der Waals surface area (Å²) in [6, 6.07) is 22.8. The van der Waals surface area contributed by atoms with Crippen LogP contribution in [0, 0.1) is 0 Å². The second-order valence-electron chi connectivity index (χ2n) is 11.0. The van der Waals surface area contributed by atoms with Crippen LogP contribution in [0.4, 0.5) is 28.4 Å². The number of hydrogen-bond acceptors (Lipinski definition) is 10. The number of hydrogen-bond donors (Lipinski definition) is 0. The Morgan fingerprint density at radius 1 is 0.574 bits per heavy atom. The van der Waals surface area contributed by atoms with Gasteiger partial charge >= 0.3 is 11.9 Å². The van der Waals surface area contributed by atoms with E-state index in [9.17, 15) is 9.59 Å². The maximum Gasteiger partial charge on any atom is 0.307 e. The summed E-state index contributed by atoms with van der Waals surface area (Å²) in [5.41, 5.74) is 3.94. The van der Waals surface area contributed by atoms with Gasteiger partial charge in [-0.25, -0.2) is 0 Å².